The summed E-state index contributed by atoms with van der Waals surface area (Å²) in [5.74, 6) is 2.92. The van der Waals surface area contributed by atoms with E-state index < -0.39 is 5.54 Å². The molecule has 0 saturated carbocycles. The number of rotatable bonds is 0. The van der Waals surface area contributed by atoms with Crippen molar-refractivity contribution in [2.24, 2.45) is 0 Å². The van der Waals surface area contributed by atoms with Gasteiger partial charge in [-0.15, -0.1) is 0 Å². The normalized spacial score (nSPS) is 21.9. The standard InChI is InChI=1S/C31H26N5O/c1-30(2,3)18-11-12-35-25(15-18)36-21-8-6-5-7-19(21)20-9-10-23-27(28(20)36)31(35)26-22(16-32-17-24(26)37-23)34-14-13-33(4)29(31)34/h5-17,29H,1-4H3/q+1. The van der Waals surface area contributed by atoms with E-state index >= 15 is 0 Å². The van der Waals surface area contributed by atoms with E-state index in [1.54, 1.807) is 0 Å². The lowest BCUT2D eigenvalue weighted by atomic mass is 9.76. The van der Waals surface area contributed by atoms with Gasteiger partial charge in [0.05, 0.1) is 35.4 Å². The number of fused-ring (bicyclic) bond motifs is 7. The predicted octanol–water partition coefficient (Wildman–Crippen LogP) is 5.54. The fraction of sp³-hybridized carbons (Fsp3) is 0.226. The van der Waals surface area contributed by atoms with Crippen molar-refractivity contribution in [3.63, 3.8) is 0 Å². The molecule has 0 saturated heterocycles. The zero-order valence-corrected chi connectivity index (χ0v) is 21.2. The fourth-order valence-corrected chi connectivity index (χ4v) is 7.35. The van der Waals surface area contributed by atoms with Crippen LogP contribution < -0.4 is 14.2 Å². The molecule has 9 rings (SSSR count). The van der Waals surface area contributed by atoms with Crippen LogP contribution >= 0.6 is 0 Å². The molecule has 0 aliphatic carbocycles. The Morgan fingerprint density at radius 3 is 2.68 bits per heavy atom. The molecule has 4 aliphatic rings. The highest BCUT2D eigenvalue weighted by molar-refractivity contribution is 6.11. The van der Waals surface area contributed by atoms with Gasteiger partial charge in [-0.3, -0.25) is 4.98 Å². The lowest BCUT2D eigenvalue weighted by Crippen LogP contribution is -2.70. The summed E-state index contributed by atoms with van der Waals surface area (Å²) >= 11 is 0. The third kappa shape index (κ3) is 2.02. The van der Waals surface area contributed by atoms with Gasteiger partial charge in [-0.05, 0) is 41.3 Å². The maximum Gasteiger partial charge on any atom is 0.288 e. The van der Waals surface area contributed by atoms with E-state index in [1.165, 1.54) is 44.3 Å². The summed E-state index contributed by atoms with van der Waals surface area (Å²) in [5, 5.41) is 2.52. The zero-order valence-electron chi connectivity index (χ0n) is 21.2. The van der Waals surface area contributed by atoms with Crippen LogP contribution in [0.3, 0.4) is 0 Å². The van der Waals surface area contributed by atoms with Gasteiger partial charge in [-0.25, -0.2) is 4.57 Å². The van der Waals surface area contributed by atoms with Crippen molar-refractivity contribution in [3.8, 4) is 17.3 Å². The number of aromatic nitrogens is 3. The van der Waals surface area contributed by atoms with Crippen molar-refractivity contribution in [2.75, 3.05) is 11.9 Å². The number of pyridine rings is 2. The molecule has 5 aromatic rings. The second kappa shape index (κ2) is 5.97. The van der Waals surface area contributed by atoms with E-state index in [4.69, 9.17) is 4.74 Å². The van der Waals surface area contributed by atoms with Gasteiger partial charge in [0, 0.05) is 36.3 Å². The summed E-state index contributed by atoms with van der Waals surface area (Å²) in [4.78, 5) is 9.31. The van der Waals surface area contributed by atoms with E-state index in [0.717, 1.165) is 17.2 Å². The molecule has 180 valence electrons. The minimum Gasteiger partial charge on any atom is -0.455 e. The first kappa shape index (κ1) is 19.8. The summed E-state index contributed by atoms with van der Waals surface area (Å²) in [7, 11) is 2.18. The Morgan fingerprint density at radius 1 is 0.946 bits per heavy atom. The van der Waals surface area contributed by atoms with Crippen LogP contribution in [0.25, 0.3) is 27.6 Å². The third-order valence-corrected chi connectivity index (χ3v) is 8.84. The molecule has 0 fully saturated rings. The molecule has 0 N–H and O–H groups in total. The average Bonchev–Trinajstić information content (AvgIpc) is 3.53. The van der Waals surface area contributed by atoms with Crippen molar-refractivity contribution in [2.45, 2.75) is 37.9 Å². The Bertz CT molecular complexity index is 1890. The molecule has 37 heavy (non-hydrogen) atoms. The molecular formula is C31H26N5O+. The summed E-state index contributed by atoms with van der Waals surface area (Å²) < 4.78 is 11.6. The number of likely N-dealkylation sites (N-methyl/N-ethyl adjacent to an activating group) is 1. The molecule has 2 unspecified atom stereocenters. The van der Waals surface area contributed by atoms with Crippen LogP contribution in [0.2, 0.25) is 0 Å². The van der Waals surface area contributed by atoms with Crippen LogP contribution in [0.15, 0.2) is 79.5 Å². The average molecular weight is 485 g/mol. The quantitative estimate of drug-likeness (QED) is 0.271. The Labute approximate surface area is 214 Å². The van der Waals surface area contributed by atoms with E-state index in [-0.39, 0.29) is 11.6 Å². The van der Waals surface area contributed by atoms with E-state index in [9.17, 15) is 0 Å². The molecule has 2 atom stereocenters. The number of para-hydroxylation sites is 1. The van der Waals surface area contributed by atoms with Crippen LogP contribution in [0.1, 0.15) is 37.5 Å². The largest absolute Gasteiger partial charge is 0.455 e. The summed E-state index contributed by atoms with van der Waals surface area (Å²) in [6.07, 6.45) is 10.6. The molecular weight excluding hydrogens is 458 g/mol. The van der Waals surface area contributed by atoms with Gasteiger partial charge in [0.1, 0.15) is 11.3 Å². The number of hydrogen-bond donors (Lipinski definition) is 0. The molecule has 7 heterocycles. The Morgan fingerprint density at radius 2 is 1.81 bits per heavy atom. The van der Waals surface area contributed by atoms with Gasteiger partial charge in [0.15, 0.2) is 17.4 Å². The van der Waals surface area contributed by atoms with Gasteiger partial charge < -0.3 is 14.5 Å². The van der Waals surface area contributed by atoms with Gasteiger partial charge in [-0.1, -0.05) is 32.9 Å². The Kier molecular flexibility index (Phi) is 3.20. The lowest BCUT2D eigenvalue weighted by Gasteiger charge is -2.43. The second-order valence-corrected chi connectivity index (χ2v) is 11.7. The van der Waals surface area contributed by atoms with Gasteiger partial charge in [0.2, 0.25) is 5.54 Å². The van der Waals surface area contributed by atoms with Crippen LogP contribution in [0, 0.1) is 0 Å². The zero-order chi connectivity index (χ0) is 24.8. The second-order valence-electron chi connectivity index (χ2n) is 11.7. The molecule has 6 heteroatoms. The highest BCUT2D eigenvalue weighted by Crippen LogP contribution is 2.61. The number of nitrogens with zero attached hydrogens (tertiary/aromatic N) is 5. The van der Waals surface area contributed by atoms with Gasteiger partial charge in [0.25, 0.3) is 5.82 Å². The summed E-state index contributed by atoms with van der Waals surface area (Å²) in [6.45, 7) is 6.86. The maximum atomic E-state index is 6.66. The molecule has 0 amide bonds. The first-order chi connectivity index (χ1) is 17.9. The molecule has 6 nitrogen and oxygen atoms in total. The maximum absolute atomic E-state index is 6.66. The molecule has 1 spiro atoms. The highest BCUT2D eigenvalue weighted by atomic mass is 16.5. The minimum absolute atomic E-state index is 0.0214. The smallest absolute Gasteiger partial charge is 0.288 e. The van der Waals surface area contributed by atoms with E-state index in [0.29, 0.717) is 0 Å². The first-order valence-electron chi connectivity index (χ1n) is 12.9. The highest BCUT2D eigenvalue weighted by Gasteiger charge is 2.67. The predicted molar refractivity (Wildman–Crippen MR) is 143 cm³/mol. The van der Waals surface area contributed by atoms with E-state index in [2.05, 4.69) is 119 Å². The lowest BCUT2D eigenvalue weighted by molar-refractivity contribution is -0.743. The molecule has 0 bridgehead atoms. The monoisotopic (exact) mass is 484 g/mol. The van der Waals surface area contributed by atoms with Crippen molar-refractivity contribution >= 4 is 27.5 Å². The van der Waals surface area contributed by atoms with Crippen molar-refractivity contribution in [3.05, 3.63) is 96.2 Å². The third-order valence-electron chi connectivity index (χ3n) is 8.84. The number of hydrogen-bond acceptors (Lipinski definition) is 4. The summed E-state index contributed by atoms with van der Waals surface area (Å²) in [6, 6.07) is 17.9. The Hall–Kier alpha value is -4.32. The molecule has 2 aromatic carbocycles. The molecule has 3 aromatic heterocycles. The van der Waals surface area contributed by atoms with Gasteiger partial charge in [-0.2, -0.15) is 4.57 Å². The number of ether oxygens (including phenoxy) is 1. The van der Waals surface area contributed by atoms with Crippen LogP contribution in [-0.2, 0) is 11.0 Å². The number of anilines is 1. The Balaban J connectivity index is 1.57. The van der Waals surface area contributed by atoms with Crippen molar-refractivity contribution in [1.82, 2.24) is 14.5 Å². The van der Waals surface area contributed by atoms with Gasteiger partial charge >= 0.3 is 0 Å². The molecule has 4 aliphatic heterocycles. The van der Waals surface area contributed by atoms with Crippen molar-refractivity contribution < 1.29 is 9.30 Å². The summed E-state index contributed by atoms with van der Waals surface area (Å²) in [5.41, 5.74) is 6.81. The first-order valence-corrected chi connectivity index (χ1v) is 12.9. The molecule has 0 radical (unpaired) electrons. The fourth-order valence-electron chi connectivity index (χ4n) is 7.35. The van der Waals surface area contributed by atoms with Crippen LogP contribution in [0.4, 0.5) is 5.69 Å². The van der Waals surface area contributed by atoms with Crippen LogP contribution in [0.5, 0.6) is 11.5 Å². The topological polar surface area (TPSA) is 37.4 Å². The number of benzene rings is 2. The van der Waals surface area contributed by atoms with Crippen molar-refractivity contribution in [1.29, 1.82) is 0 Å². The minimum atomic E-state index is -0.505. The SMILES string of the molecule is CN1C=CN2c3cncc4c3C3(c5c(ccc6c7ccccc7n(c56)-c5cc(C(C)(C)C)cc[n+]53)O4)C12. The van der Waals surface area contributed by atoms with Crippen LogP contribution in [-0.4, -0.2) is 27.7 Å². The van der Waals surface area contributed by atoms with E-state index in [1.807, 2.05) is 12.4 Å².